The molecule has 0 radical (unpaired) electrons. The highest BCUT2D eigenvalue weighted by molar-refractivity contribution is 7.99. The predicted octanol–water partition coefficient (Wildman–Crippen LogP) is 2.61. The third kappa shape index (κ3) is 2.47. The SMILES string of the molecule is N#Cc1nccnc1Sc1nnc(-c2cccs2)o1. The van der Waals surface area contributed by atoms with E-state index < -0.39 is 0 Å². The Kier molecular flexibility index (Phi) is 3.22. The van der Waals surface area contributed by atoms with Crippen LogP contribution >= 0.6 is 23.1 Å². The summed E-state index contributed by atoms with van der Waals surface area (Å²) in [6.45, 7) is 0. The summed E-state index contributed by atoms with van der Waals surface area (Å²) in [5, 5.41) is 19.5. The van der Waals surface area contributed by atoms with E-state index >= 15 is 0 Å². The fourth-order valence-electron chi connectivity index (χ4n) is 1.31. The Morgan fingerprint density at radius 2 is 2.16 bits per heavy atom. The first-order valence-corrected chi connectivity index (χ1v) is 6.83. The molecule has 3 aromatic heterocycles. The third-order valence-corrected chi connectivity index (χ3v) is 3.78. The van der Waals surface area contributed by atoms with Crippen LogP contribution in [0.1, 0.15) is 5.69 Å². The number of nitrogens with zero attached hydrogens (tertiary/aromatic N) is 5. The van der Waals surface area contributed by atoms with Crippen LogP contribution in [-0.4, -0.2) is 20.2 Å². The van der Waals surface area contributed by atoms with Gasteiger partial charge in [-0.25, -0.2) is 9.97 Å². The van der Waals surface area contributed by atoms with E-state index in [0.29, 0.717) is 16.1 Å². The summed E-state index contributed by atoms with van der Waals surface area (Å²) >= 11 is 2.64. The Bertz CT molecular complexity index is 732. The van der Waals surface area contributed by atoms with Gasteiger partial charge in [0.1, 0.15) is 11.1 Å². The zero-order chi connectivity index (χ0) is 13.1. The maximum absolute atomic E-state index is 8.92. The van der Waals surface area contributed by atoms with E-state index in [1.165, 1.54) is 23.7 Å². The molecule has 8 heteroatoms. The monoisotopic (exact) mass is 287 g/mol. The van der Waals surface area contributed by atoms with Gasteiger partial charge in [0.05, 0.1) is 4.88 Å². The van der Waals surface area contributed by atoms with Crippen LogP contribution in [0.3, 0.4) is 0 Å². The van der Waals surface area contributed by atoms with Gasteiger partial charge in [-0.3, -0.25) is 0 Å². The van der Waals surface area contributed by atoms with Crippen LogP contribution in [0.15, 0.2) is 44.6 Å². The maximum Gasteiger partial charge on any atom is 0.283 e. The first kappa shape index (κ1) is 11.8. The summed E-state index contributed by atoms with van der Waals surface area (Å²) in [4.78, 5) is 8.89. The normalized spacial score (nSPS) is 10.3. The van der Waals surface area contributed by atoms with Gasteiger partial charge in [-0.05, 0) is 23.2 Å². The second-order valence-electron chi connectivity index (χ2n) is 3.27. The number of hydrogen-bond donors (Lipinski definition) is 0. The minimum absolute atomic E-state index is 0.239. The van der Waals surface area contributed by atoms with Gasteiger partial charge < -0.3 is 4.42 Å². The van der Waals surface area contributed by atoms with E-state index in [1.54, 1.807) is 0 Å². The summed E-state index contributed by atoms with van der Waals surface area (Å²) in [6, 6.07) is 5.78. The molecule has 6 nitrogen and oxygen atoms in total. The lowest BCUT2D eigenvalue weighted by molar-refractivity contribution is 0.466. The second kappa shape index (κ2) is 5.17. The van der Waals surface area contributed by atoms with Crippen molar-refractivity contribution in [3.63, 3.8) is 0 Å². The van der Waals surface area contributed by atoms with Crippen LogP contribution in [0.25, 0.3) is 10.8 Å². The molecule has 92 valence electrons. The van der Waals surface area contributed by atoms with Gasteiger partial charge in [-0.15, -0.1) is 21.5 Å². The molecular formula is C11H5N5OS2. The molecule has 0 aliphatic carbocycles. The van der Waals surface area contributed by atoms with Gasteiger partial charge in [0.15, 0.2) is 5.69 Å². The minimum atomic E-state index is 0.239. The van der Waals surface area contributed by atoms with Crippen LogP contribution < -0.4 is 0 Å². The summed E-state index contributed by atoms with van der Waals surface area (Å²) in [5.41, 5.74) is 0.239. The summed E-state index contributed by atoms with van der Waals surface area (Å²) in [6.07, 6.45) is 2.98. The Balaban J connectivity index is 1.87. The number of rotatable bonds is 3. The summed E-state index contributed by atoms with van der Waals surface area (Å²) in [7, 11) is 0. The van der Waals surface area contributed by atoms with Gasteiger partial charge in [0.2, 0.25) is 0 Å². The summed E-state index contributed by atoms with van der Waals surface area (Å²) in [5.74, 6) is 0.458. The van der Waals surface area contributed by atoms with Crippen molar-refractivity contribution in [2.75, 3.05) is 0 Å². The number of thiophene rings is 1. The highest BCUT2D eigenvalue weighted by Gasteiger charge is 2.13. The van der Waals surface area contributed by atoms with Crippen molar-refractivity contribution in [1.82, 2.24) is 20.2 Å². The van der Waals surface area contributed by atoms with Crippen molar-refractivity contribution in [3.05, 3.63) is 35.6 Å². The number of nitriles is 1. The quantitative estimate of drug-likeness (QED) is 0.731. The van der Waals surface area contributed by atoms with Gasteiger partial charge >= 0.3 is 0 Å². The van der Waals surface area contributed by atoms with Gasteiger partial charge in [0, 0.05) is 12.4 Å². The van der Waals surface area contributed by atoms with E-state index in [1.807, 2.05) is 23.6 Å². The molecule has 3 heterocycles. The van der Waals surface area contributed by atoms with Crippen LogP contribution in [0.4, 0.5) is 0 Å². The molecule has 0 aromatic carbocycles. The molecule has 3 aromatic rings. The molecule has 0 atom stereocenters. The lowest BCUT2D eigenvalue weighted by Crippen LogP contribution is -1.89. The van der Waals surface area contributed by atoms with Gasteiger partial charge in [-0.2, -0.15) is 5.26 Å². The van der Waals surface area contributed by atoms with Crippen LogP contribution in [0, 0.1) is 11.3 Å². The molecular weight excluding hydrogens is 282 g/mol. The van der Waals surface area contributed by atoms with E-state index in [-0.39, 0.29) is 5.69 Å². The largest absolute Gasteiger partial charge is 0.410 e. The molecule has 0 amide bonds. The fraction of sp³-hybridized carbons (Fsp3) is 0. The van der Waals surface area contributed by atoms with E-state index in [2.05, 4.69) is 20.2 Å². The van der Waals surface area contributed by atoms with Crippen molar-refractivity contribution >= 4 is 23.1 Å². The average molecular weight is 287 g/mol. The van der Waals surface area contributed by atoms with Crippen LogP contribution in [0.5, 0.6) is 0 Å². The highest BCUT2D eigenvalue weighted by Crippen LogP contribution is 2.30. The van der Waals surface area contributed by atoms with Crippen molar-refractivity contribution in [3.8, 4) is 16.8 Å². The molecule has 0 spiro atoms. The zero-order valence-corrected chi connectivity index (χ0v) is 11.0. The molecule has 0 aliphatic heterocycles. The van der Waals surface area contributed by atoms with E-state index in [0.717, 1.165) is 16.6 Å². The third-order valence-electron chi connectivity index (χ3n) is 2.09. The van der Waals surface area contributed by atoms with Crippen molar-refractivity contribution in [2.45, 2.75) is 10.2 Å². The Hall–Kier alpha value is -2.24. The second-order valence-corrected chi connectivity index (χ2v) is 5.16. The molecule has 3 rings (SSSR count). The van der Waals surface area contributed by atoms with Gasteiger partial charge in [0.25, 0.3) is 11.1 Å². The maximum atomic E-state index is 8.92. The van der Waals surface area contributed by atoms with Crippen LogP contribution in [0.2, 0.25) is 0 Å². The molecule has 0 saturated carbocycles. The zero-order valence-electron chi connectivity index (χ0n) is 9.35. The molecule has 0 fully saturated rings. The minimum Gasteiger partial charge on any atom is -0.410 e. The van der Waals surface area contributed by atoms with Crippen molar-refractivity contribution < 1.29 is 4.42 Å². The Morgan fingerprint density at radius 3 is 2.95 bits per heavy atom. The first-order valence-electron chi connectivity index (χ1n) is 5.13. The standard InChI is InChI=1S/C11H5N5OS2/c12-6-7-10(14-4-3-13-7)19-11-16-15-9(17-11)8-2-1-5-18-8/h1-5H. The van der Waals surface area contributed by atoms with E-state index in [4.69, 9.17) is 9.68 Å². The fourth-order valence-corrected chi connectivity index (χ4v) is 2.63. The molecule has 0 unspecified atom stereocenters. The molecule has 0 aliphatic rings. The lowest BCUT2D eigenvalue weighted by atomic mass is 10.5. The average Bonchev–Trinajstić information content (AvgIpc) is 3.09. The molecule has 0 N–H and O–H groups in total. The van der Waals surface area contributed by atoms with Crippen LogP contribution in [-0.2, 0) is 0 Å². The van der Waals surface area contributed by atoms with Gasteiger partial charge in [-0.1, -0.05) is 6.07 Å². The summed E-state index contributed by atoms with van der Waals surface area (Å²) < 4.78 is 5.51. The smallest absolute Gasteiger partial charge is 0.283 e. The van der Waals surface area contributed by atoms with Crippen molar-refractivity contribution in [1.29, 1.82) is 5.26 Å². The Morgan fingerprint density at radius 1 is 1.26 bits per heavy atom. The Labute approximate surface area is 116 Å². The molecule has 0 saturated heterocycles. The number of hydrogen-bond acceptors (Lipinski definition) is 8. The first-order chi connectivity index (χ1) is 9.36. The predicted molar refractivity (Wildman–Crippen MR) is 68.5 cm³/mol. The van der Waals surface area contributed by atoms with E-state index in [9.17, 15) is 0 Å². The topological polar surface area (TPSA) is 88.5 Å². The molecule has 0 bridgehead atoms. The lowest BCUT2D eigenvalue weighted by Gasteiger charge is -1.95. The van der Waals surface area contributed by atoms with Crippen molar-refractivity contribution in [2.24, 2.45) is 0 Å². The number of aromatic nitrogens is 4. The molecule has 19 heavy (non-hydrogen) atoms. The highest BCUT2D eigenvalue weighted by atomic mass is 32.2.